The molecule has 1 N–H and O–H groups in total. The van der Waals surface area contributed by atoms with Crippen molar-refractivity contribution in [1.29, 1.82) is 0 Å². The molecule has 0 aromatic carbocycles. The van der Waals surface area contributed by atoms with Gasteiger partial charge in [0.25, 0.3) is 5.56 Å². The average molecular weight is 445 g/mol. The van der Waals surface area contributed by atoms with Gasteiger partial charge in [0, 0.05) is 53.1 Å². The van der Waals surface area contributed by atoms with Crippen LogP contribution in [0.2, 0.25) is 0 Å². The van der Waals surface area contributed by atoms with Crippen molar-refractivity contribution >= 4 is 22.6 Å². The van der Waals surface area contributed by atoms with Gasteiger partial charge in [-0.1, -0.05) is 20.3 Å². The largest absolute Gasteiger partial charge is 0.310 e. The van der Waals surface area contributed by atoms with E-state index in [1.54, 1.807) is 6.20 Å². The van der Waals surface area contributed by atoms with Gasteiger partial charge in [0.05, 0.1) is 5.52 Å². The maximum Gasteiger partial charge on any atom is 0.258 e. The third-order valence-electron chi connectivity index (χ3n) is 6.96. The highest BCUT2D eigenvalue weighted by molar-refractivity contribution is 5.95. The fourth-order valence-electron chi connectivity index (χ4n) is 4.56. The second-order valence-electron chi connectivity index (χ2n) is 9.92. The van der Waals surface area contributed by atoms with E-state index in [-0.39, 0.29) is 17.4 Å². The number of pyridine rings is 3. The Morgan fingerprint density at radius 3 is 2.58 bits per heavy atom. The first-order valence-corrected chi connectivity index (χ1v) is 12.3. The van der Waals surface area contributed by atoms with Crippen LogP contribution in [-0.4, -0.2) is 20.4 Å². The van der Waals surface area contributed by atoms with Gasteiger partial charge in [0.15, 0.2) is 0 Å². The molecular formula is C27H32N4O2. The van der Waals surface area contributed by atoms with E-state index in [4.69, 9.17) is 4.98 Å². The number of hydrogen-bond acceptors (Lipinski definition) is 4. The van der Waals surface area contributed by atoms with Crippen molar-refractivity contribution in [2.24, 2.45) is 11.8 Å². The Labute approximate surface area is 194 Å². The number of carbonyl (C=O) groups excluding carboxylic acids is 1. The monoisotopic (exact) mass is 444 g/mol. The molecule has 172 valence electrons. The van der Waals surface area contributed by atoms with Crippen molar-refractivity contribution in [2.45, 2.75) is 71.8 Å². The summed E-state index contributed by atoms with van der Waals surface area (Å²) in [6, 6.07) is 5.91. The molecule has 5 rings (SSSR count). The third-order valence-corrected chi connectivity index (χ3v) is 6.96. The lowest BCUT2D eigenvalue weighted by Crippen LogP contribution is -2.24. The summed E-state index contributed by atoms with van der Waals surface area (Å²) in [5.74, 6) is 1.59. The molecule has 2 aliphatic rings. The summed E-state index contributed by atoms with van der Waals surface area (Å²) in [5.41, 5.74) is 4.52. The van der Waals surface area contributed by atoms with Crippen LogP contribution in [0.1, 0.15) is 69.5 Å². The third kappa shape index (κ3) is 4.56. The number of aromatic nitrogens is 3. The number of anilines is 1. The summed E-state index contributed by atoms with van der Waals surface area (Å²) < 4.78 is 1.88. The SMILES string of the molecule is CCCC(C)c1cc(C)c(-c2cc3cnc(NC(=O)C4CC4)cc3n(CC3CC3)c2=O)cn1. The molecule has 3 aromatic rings. The van der Waals surface area contributed by atoms with E-state index in [1.165, 1.54) is 0 Å². The van der Waals surface area contributed by atoms with Crippen LogP contribution in [0.25, 0.3) is 22.0 Å². The minimum absolute atomic E-state index is 0.000624. The van der Waals surface area contributed by atoms with Crippen LogP contribution in [0.15, 0.2) is 35.4 Å². The first-order chi connectivity index (χ1) is 15.9. The molecule has 3 heterocycles. The second kappa shape index (κ2) is 8.73. The van der Waals surface area contributed by atoms with Crippen LogP contribution in [0, 0.1) is 18.8 Å². The molecule has 0 saturated heterocycles. The zero-order valence-corrected chi connectivity index (χ0v) is 19.7. The zero-order valence-electron chi connectivity index (χ0n) is 19.7. The number of hydrogen-bond donors (Lipinski definition) is 1. The number of amides is 1. The molecule has 0 radical (unpaired) electrons. The Morgan fingerprint density at radius 1 is 1.12 bits per heavy atom. The lowest BCUT2D eigenvalue weighted by molar-refractivity contribution is -0.117. The van der Waals surface area contributed by atoms with Crippen molar-refractivity contribution in [3.8, 4) is 11.1 Å². The molecule has 1 atom stereocenters. The fourth-order valence-corrected chi connectivity index (χ4v) is 4.56. The number of aryl methyl sites for hydroxylation is 1. The van der Waals surface area contributed by atoms with Gasteiger partial charge in [-0.3, -0.25) is 14.6 Å². The summed E-state index contributed by atoms with van der Waals surface area (Å²) >= 11 is 0. The Balaban J connectivity index is 1.57. The van der Waals surface area contributed by atoms with Crippen LogP contribution < -0.4 is 10.9 Å². The number of carbonyl (C=O) groups is 1. The lowest BCUT2D eigenvalue weighted by Gasteiger charge is -2.16. The quantitative estimate of drug-likeness (QED) is 0.503. The summed E-state index contributed by atoms with van der Waals surface area (Å²) in [5, 5.41) is 3.82. The normalized spacial score (nSPS) is 16.7. The minimum atomic E-state index is -0.000624. The minimum Gasteiger partial charge on any atom is -0.310 e. The van der Waals surface area contributed by atoms with Crippen LogP contribution in [-0.2, 0) is 11.3 Å². The molecule has 0 bridgehead atoms. The number of nitrogens with one attached hydrogen (secondary N) is 1. The lowest BCUT2D eigenvalue weighted by atomic mass is 9.96. The highest BCUT2D eigenvalue weighted by atomic mass is 16.2. The molecule has 6 heteroatoms. The topological polar surface area (TPSA) is 76.9 Å². The molecule has 33 heavy (non-hydrogen) atoms. The van der Waals surface area contributed by atoms with Gasteiger partial charge in [0.2, 0.25) is 5.91 Å². The molecule has 1 unspecified atom stereocenters. The Bertz CT molecular complexity index is 1270. The van der Waals surface area contributed by atoms with Gasteiger partial charge in [-0.25, -0.2) is 4.98 Å². The Hall–Kier alpha value is -3.02. The Kier molecular flexibility index (Phi) is 5.77. The van der Waals surface area contributed by atoms with Crippen LogP contribution in [0.4, 0.5) is 5.82 Å². The van der Waals surface area contributed by atoms with Crippen molar-refractivity contribution in [2.75, 3.05) is 5.32 Å². The zero-order chi connectivity index (χ0) is 23.1. The highest BCUT2D eigenvalue weighted by Crippen LogP contribution is 2.33. The van der Waals surface area contributed by atoms with Gasteiger partial charge >= 0.3 is 0 Å². The van der Waals surface area contributed by atoms with Crippen LogP contribution in [0.3, 0.4) is 0 Å². The van der Waals surface area contributed by atoms with Crippen LogP contribution >= 0.6 is 0 Å². The molecule has 2 saturated carbocycles. The van der Waals surface area contributed by atoms with E-state index in [0.717, 1.165) is 66.2 Å². The van der Waals surface area contributed by atoms with E-state index in [9.17, 15) is 9.59 Å². The predicted octanol–water partition coefficient (Wildman–Crippen LogP) is 5.43. The first-order valence-electron chi connectivity index (χ1n) is 12.3. The van der Waals surface area contributed by atoms with E-state index in [0.29, 0.717) is 29.8 Å². The maximum absolute atomic E-state index is 13.7. The predicted molar refractivity (Wildman–Crippen MR) is 131 cm³/mol. The van der Waals surface area contributed by atoms with Crippen molar-refractivity contribution in [1.82, 2.24) is 14.5 Å². The van der Waals surface area contributed by atoms with Gasteiger partial charge in [-0.15, -0.1) is 0 Å². The summed E-state index contributed by atoms with van der Waals surface area (Å²) in [6.07, 6.45) is 10.0. The molecule has 6 nitrogen and oxygen atoms in total. The first kappa shape index (κ1) is 21.8. The molecule has 0 spiro atoms. The number of fused-ring (bicyclic) bond motifs is 1. The summed E-state index contributed by atoms with van der Waals surface area (Å²) in [7, 11) is 0. The van der Waals surface area contributed by atoms with Gasteiger partial charge in [-0.2, -0.15) is 0 Å². The molecule has 1 amide bonds. The number of nitrogens with zero attached hydrogens (tertiary/aromatic N) is 3. The van der Waals surface area contributed by atoms with E-state index < -0.39 is 0 Å². The van der Waals surface area contributed by atoms with Crippen molar-refractivity contribution in [3.05, 3.63) is 52.2 Å². The average Bonchev–Trinajstić information content (AvgIpc) is 3.70. The van der Waals surface area contributed by atoms with Gasteiger partial charge < -0.3 is 9.88 Å². The Morgan fingerprint density at radius 2 is 1.91 bits per heavy atom. The van der Waals surface area contributed by atoms with E-state index >= 15 is 0 Å². The van der Waals surface area contributed by atoms with E-state index in [1.807, 2.05) is 22.9 Å². The van der Waals surface area contributed by atoms with Gasteiger partial charge in [0.1, 0.15) is 5.82 Å². The summed E-state index contributed by atoms with van der Waals surface area (Å²) in [6.45, 7) is 7.14. The van der Waals surface area contributed by atoms with Crippen molar-refractivity contribution in [3.63, 3.8) is 0 Å². The van der Waals surface area contributed by atoms with E-state index in [2.05, 4.69) is 37.1 Å². The fraction of sp³-hybridized carbons (Fsp3) is 0.481. The number of rotatable bonds is 8. The second-order valence-corrected chi connectivity index (χ2v) is 9.92. The molecular weight excluding hydrogens is 412 g/mol. The highest BCUT2D eigenvalue weighted by Gasteiger charge is 2.30. The standard InChI is InChI=1S/C27H32N4O2/c1-4-5-16(2)23-10-17(3)22(14-28-23)21-11-20-13-29-25(30-26(32)19-8-9-19)12-24(20)31(27(21)33)15-18-6-7-18/h10-14,16,18-19H,4-9,15H2,1-3H3,(H,29,30,32). The molecule has 0 aliphatic heterocycles. The van der Waals surface area contributed by atoms with Gasteiger partial charge in [-0.05, 0) is 68.6 Å². The maximum atomic E-state index is 13.7. The molecule has 3 aromatic heterocycles. The smallest absolute Gasteiger partial charge is 0.258 e. The molecule has 2 aliphatic carbocycles. The van der Waals surface area contributed by atoms with Crippen LogP contribution in [0.5, 0.6) is 0 Å². The van der Waals surface area contributed by atoms with Crippen molar-refractivity contribution < 1.29 is 4.79 Å². The molecule has 2 fully saturated rings. The summed E-state index contributed by atoms with van der Waals surface area (Å²) in [4.78, 5) is 35.1.